The third-order valence-corrected chi connectivity index (χ3v) is 5.00. The smallest absolute Gasteiger partial charge is 0.131 e. The lowest BCUT2D eigenvalue weighted by Gasteiger charge is -2.46. The second-order valence-corrected chi connectivity index (χ2v) is 6.30. The highest BCUT2D eigenvalue weighted by Crippen LogP contribution is 2.40. The van der Waals surface area contributed by atoms with Gasteiger partial charge in [0.2, 0.25) is 0 Å². The van der Waals surface area contributed by atoms with Crippen LogP contribution in [0.3, 0.4) is 0 Å². The van der Waals surface area contributed by atoms with Crippen molar-refractivity contribution in [2.75, 3.05) is 11.4 Å². The second-order valence-electron chi connectivity index (χ2n) is 6.30. The van der Waals surface area contributed by atoms with E-state index in [1.165, 1.54) is 44.6 Å². The third kappa shape index (κ3) is 2.44. The number of benzene rings is 1. The topological polar surface area (TPSA) is 23.5 Å². The van der Waals surface area contributed by atoms with Gasteiger partial charge >= 0.3 is 0 Å². The summed E-state index contributed by atoms with van der Waals surface area (Å²) in [6.07, 6.45) is 6.85. The SMILES string of the molecule is C[C@@H](O)c1c(F)cccc1N1CCCC2CCCCC21. The summed E-state index contributed by atoms with van der Waals surface area (Å²) >= 11 is 0. The predicted molar refractivity (Wildman–Crippen MR) is 79.4 cm³/mol. The average molecular weight is 277 g/mol. The molecule has 3 heteroatoms. The zero-order valence-electron chi connectivity index (χ0n) is 12.2. The van der Waals surface area contributed by atoms with Crippen LogP contribution < -0.4 is 4.90 Å². The van der Waals surface area contributed by atoms with E-state index in [1.54, 1.807) is 13.0 Å². The van der Waals surface area contributed by atoms with Gasteiger partial charge in [0, 0.05) is 23.8 Å². The van der Waals surface area contributed by atoms with Crippen LogP contribution in [0.1, 0.15) is 57.1 Å². The number of anilines is 1. The Kier molecular flexibility index (Phi) is 3.97. The quantitative estimate of drug-likeness (QED) is 0.882. The average Bonchev–Trinajstić information content (AvgIpc) is 2.46. The number of aliphatic hydroxyl groups excluding tert-OH is 1. The van der Waals surface area contributed by atoms with E-state index < -0.39 is 6.10 Å². The first-order valence-corrected chi connectivity index (χ1v) is 7.91. The van der Waals surface area contributed by atoms with Gasteiger partial charge in [-0.15, -0.1) is 0 Å². The van der Waals surface area contributed by atoms with Gasteiger partial charge in [0.15, 0.2) is 0 Å². The van der Waals surface area contributed by atoms with Crippen molar-refractivity contribution in [3.63, 3.8) is 0 Å². The Hall–Kier alpha value is -1.09. The lowest BCUT2D eigenvalue weighted by atomic mass is 9.78. The van der Waals surface area contributed by atoms with Crippen molar-refractivity contribution in [1.29, 1.82) is 0 Å². The fraction of sp³-hybridized carbons (Fsp3) is 0.647. The summed E-state index contributed by atoms with van der Waals surface area (Å²) in [5.74, 6) is 0.470. The van der Waals surface area contributed by atoms with E-state index in [1.807, 2.05) is 6.07 Å². The van der Waals surface area contributed by atoms with E-state index in [9.17, 15) is 9.50 Å². The first kappa shape index (κ1) is 13.9. The first-order chi connectivity index (χ1) is 9.68. The van der Waals surface area contributed by atoms with Crippen LogP contribution in [0.4, 0.5) is 10.1 Å². The van der Waals surface area contributed by atoms with Crippen molar-refractivity contribution in [2.24, 2.45) is 5.92 Å². The maximum atomic E-state index is 14.1. The molecule has 0 spiro atoms. The number of nitrogens with zero attached hydrogens (tertiary/aromatic N) is 1. The van der Waals surface area contributed by atoms with Crippen LogP contribution in [-0.2, 0) is 0 Å². The summed E-state index contributed by atoms with van der Waals surface area (Å²) in [4.78, 5) is 2.37. The Morgan fingerprint density at radius 1 is 1.20 bits per heavy atom. The molecule has 0 aromatic heterocycles. The van der Waals surface area contributed by atoms with Crippen molar-refractivity contribution >= 4 is 5.69 Å². The Labute approximate surface area is 120 Å². The van der Waals surface area contributed by atoms with Gasteiger partial charge < -0.3 is 10.0 Å². The molecule has 2 fully saturated rings. The molecule has 0 bridgehead atoms. The summed E-state index contributed by atoms with van der Waals surface area (Å²) < 4.78 is 14.1. The number of hydrogen-bond donors (Lipinski definition) is 1. The fourth-order valence-corrected chi connectivity index (χ4v) is 4.11. The molecule has 1 aliphatic heterocycles. The molecule has 1 aromatic carbocycles. The second kappa shape index (κ2) is 5.72. The molecular formula is C17H24FNO. The minimum absolute atomic E-state index is 0.282. The van der Waals surface area contributed by atoms with Crippen molar-refractivity contribution < 1.29 is 9.50 Å². The van der Waals surface area contributed by atoms with Crippen molar-refractivity contribution in [3.8, 4) is 0 Å². The van der Waals surface area contributed by atoms with Gasteiger partial charge in [-0.3, -0.25) is 0 Å². The molecule has 0 amide bonds. The molecule has 3 atom stereocenters. The number of piperidine rings is 1. The predicted octanol–water partition coefficient (Wildman–Crippen LogP) is 4.04. The largest absolute Gasteiger partial charge is 0.389 e. The zero-order valence-corrected chi connectivity index (χ0v) is 12.2. The molecule has 2 unspecified atom stereocenters. The Balaban J connectivity index is 1.97. The van der Waals surface area contributed by atoms with Gasteiger partial charge in [-0.1, -0.05) is 18.9 Å². The fourth-order valence-electron chi connectivity index (χ4n) is 4.11. The molecule has 2 aliphatic rings. The molecule has 1 heterocycles. The highest BCUT2D eigenvalue weighted by molar-refractivity contribution is 5.56. The normalized spacial score (nSPS) is 28.1. The summed E-state index contributed by atoms with van der Waals surface area (Å²) in [6.45, 7) is 2.65. The molecule has 0 radical (unpaired) electrons. The van der Waals surface area contributed by atoms with Gasteiger partial charge in [-0.2, -0.15) is 0 Å². The highest BCUT2D eigenvalue weighted by atomic mass is 19.1. The van der Waals surface area contributed by atoms with Crippen molar-refractivity contribution in [3.05, 3.63) is 29.6 Å². The summed E-state index contributed by atoms with van der Waals surface area (Å²) in [6, 6.07) is 5.73. The van der Waals surface area contributed by atoms with Crippen LogP contribution in [0.2, 0.25) is 0 Å². The van der Waals surface area contributed by atoms with Gasteiger partial charge in [0.25, 0.3) is 0 Å². The monoisotopic (exact) mass is 277 g/mol. The van der Waals surface area contributed by atoms with E-state index in [2.05, 4.69) is 4.90 Å². The Morgan fingerprint density at radius 2 is 1.95 bits per heavy atom. The molecule has 1 N–H and O–H groups in total. The zero-order chi connectivity index (χ0) is 14.1. The van der Waals surface area contributed by atoms with Crippen molar-refractivity contribution in [1.82, 2.24) is 0 Å². The first-order valence-electron chi connectivity index (χ1n) is 7.91. The summed E-state index contributed by atoms with van der Waals surface area (Å²) in [7, 11) is 0. The minimum atomic E-state index is -0.754. The molecular weight excluding hydrogens is 253 g/mol. The molecule has 1 aromatic rings. The van der Waals surface area contributed by atoms with Crippen molar-refractivity contribution in [2.45, 2.75) is 57.6 Å². The molecule has 20 heavy (non-hydrogen) atoms. The van der Waals surface area contributed by atoms with Crippen LogP contribution in [-0.4, -0.2) is 17.7 Å². The standard InChI is InChI=1S/C17H24FNO/c1-12(20)17-14(18)8-4-10-16(17)19-11-5-7-13-6-2-3-9-15(13)19/h4,8,10,12-13,15,20H,2-3,5-7,9,11H2,1H3/t12-,13?,15?/m1/s1. The number of fused-ring (bicyclic) bond motifs is 1. The molecule has 110 valence electrons. The van der Waals surface area contributed by atoms with Crippen LogP contribution in [0, 0.1) is 11.7 Å². The van der Waals surface area contributed by atoms with Gasteiger partial charge in [-0.25, -0.2) is 4.39 Å². The van der Waals surface area contributed by atoms with Gasteiger partial charge in [0.1, 0.15) is 5.82 Å². The van der Waals surface area contributed by atoms with Crippen LogP contribution >= 0.6 is 0 Å². The molecule has 3 rings (SSSR count). The van der Waals surface area contributed by atoms with E-state index in [-0.39, 0.29) is 5.82 Å². The van der Waals surface area contributed by atoms with Crippen LogP contribution in [0.5, 0.6) is 0 Å². The van der Waals surface area contributed by atoms with E-state index in [0.717, 1.165) is 18.2 Å². The Morgan fingerprint density at radius 3 is 2.75 bits per heavy atom. The van der Waals surface area contributed by atoms with E-state index >= 15 is 0 Å². The molecule has 1 aliphatic carbocycles. The molecule has 1 saturated heterocycles. The minimum Gasteiger partial charge on any atom is -0.389 e. The molecule has 1 saturated carbocycles. The van der Waals surface area contributed by atoms with Gasteiger partial charge in [-0.05, 0) is 50.7 Å². The lowest BCUT2D eigenvalue weighted by Crippen LogP contribution is -2.47. The highest BCUT2D eigenvalue weighted by Gasteiger charge is 2.34. The third-order valence-electron chi connectivity index (χ3n) is 5.00. The number of hydrogen-bond acceptors (Lipinski definition) is 2. The Bertz CT molecular complexity index is 472. The van der Waals surface area contributed by atoms with E-state index in [4.69, 9.17) is 0 Å². The number of halogens is 1. The van der Waals surface area contributed by atoms with Crippen LogP contribution in [0.25, 0.3) is 0 Å². The molecule has 2 nitrogen and oxygen atoms in total. The lowest BCUT2D eigenvalue weighted by molar-refractivity contribution is 0.192. The number of aliphatic hydroxyl groups is 1. The summed E-state index contributed by atoms with van der Waals surface area (Å²) in [5, 5.41) is 9.95. The van der Waals surface area contributed by atoms with Gasteiger partial charge in [0.05, 0.1) is 6.10 Å². The van der Waals surface area contributed by atoms with E-state index in [0.29, 0.717) is 11.6 Å². The summed E-state index contributed by atoms with van der Waals surface area (Å²) in [5.41, 5.74) is 1.38. The maximum absolute atomic E-state index is 14.1. The maximum Gasteiger partial charge on any atom is 0.131 e. The number of rotatable bonds is 2. The van der Waals surface area contributed by atoms with Crippen LogP contribution in [0.15, 0.2) is 18.2 Å².